The Hall–Kier alpha value is -1.63. The summed E-state index contributed by atoms with van der Waals surface area (Å²) in [6.45, 7) is 17.9. The Kier molecular flexibility index (Phi) is 10.6. The Bertz CT molecular complexity index is 630. The molecule has 6 nitrogen and oxygen atoms in total. The summed E-state index contributed by atoms with van der Waals surface area (Å²) in [6, 6.07) is 9.00. The molecule has 174 valence electrons. The van der Waals surface area contributed by atoms with Crippen LogP contribution in [0, 0.1) is 0 Å². The van der Waals surface area contributed by atoms with Crippen molar-refractivity contribution in [1.82, 2.24) is 25.3 Å². The van der Waals surface area contributed by atoms with Crippen molar-refractivity contribution in [3.63, 3.8) is 0 Å². The number of aliphatic imine (C=N–C) groups is 1. The van der Waals surface area contributed by atoms with Gasteiger partial charge >= 0.3 is 0 Å². The van der Waals surface area contributed by atoms with Gasteiger partial charge in [0.2, 0.25) is 0 Å². The van der Waals surface area contributed by atoms with Crippen LogP contribution in [0.3, 0.4) is 0 Å². The van der Waals surface area contributed by atoms with Crippen LogP contribution < -0.4 is 10.6 Å². The minimum absolute atomic E-state index is 0.723. The van der Waals surface area contributed by atoms with Gasteiger partial charge in [-0.25, -0.2) is 4.99 Å². The first-order valence-corrected chi connectivity index (χ1v) is 12.5. The number of benzene rings is 1. The summed E-state index contributed by atoms with van der Waals surface area (Å²) in [5.74, 6) is 0.931. The average Bonchev–Trinajstić information content (AvgIpc) is 3.31. The Morgan fingerprint density at radius 1 is 0.806 bits per heavy atom. The van der Waals surface area contributed by atoms with Crippen molar-refractivity contribution in [2.24, 2.45) is 4.99 Å². The first kappa shape index (κ1) is 24.0. The molecule has 1 aromatic rings. The van der Waals surface area contributed by atoms with Gasteiger partial charge < -0.3 is 20.4 Å². The lowest BCUT2D eigenvalue weighted by molar-refractivity contribution is 0.136. The first-order chi connectivity index (χ1) is 15.3. The van der Waals surface area contributed by atoms with Crippen molar-refractivity contribution in [3.8, 4) is 0 Å². The highest BCUT2D eigenvalue weighted by molar-refractivity contribution is 5.79. The molecule has 0 aliphatic carbocycles. The molecule has 0 unspecified atom stereocenters. The van der Waals surface area contributed by atoms with Crippen molar-refractivity contribution >= 4 is 5.96 Å². The maximum Gasteiger partial charge on any atom is 0.191 e. The quantitative estimate of drug-likeness (QED) is 0.322. The van der Waals surface area contributed by atoms with Crippen molar-refractivity contribution in [1.29, 1.82) is 0 Å². The van der Waals surface area contributed by atoms with E-state index >= 15 is 0 Å². The van der Waals surface area contributed by atoms with Gasteiger partial charge in [-0.05, 0) is 69.9 Å². The largest absolute Gasteiger partial charge is 0.357 e. The lowest BCUT2D eigenvalue weighted by Gasteiger charge is -2.34. The maximum absolute atomic E-state index is 4.79. The highest BCUT2D eigenvalue weighted by atomic mass is 15.3. The fraction of sp³-hybridized carbons (Fsp3) is 0.720. The van der Waals surface area contributed by atoms with Gasteiger partial charge in [0.1, 0.15) is 0 Å². The Balaban J connectivity index is 1.33. The molecular weight excluding hydrogens is 384 g/mol. The van der Waals surface area contributed by atoms with Gasteiger partial charge in [-0.3, -0.25) is 4.90 Å². The molecule has 3 rings (SSSR count). The number of likely N-dealkylation sites (N-methyl/N-ethyl adjacent to an activating group) is 1. The van der Waals surface area contributed by atoms with E-state index in [2.05, 4.69) is 63.4 Å². The zero-order valence-corrected chi connectivity index (χ0v) is 19.9. The fourth-order valence-corrected chi connectivity index (χ4v) is 4.46. The summed E-state index contributed by atoms with van der Waals surface area (Å²) in [7, 11) is 0. The summed E-state index contributed by atoms with van der Waals surface area (Å²) in [5, 5.41) is 6.89. The van der Waals surface area contributed by atoms with Crippen molar-refractivity contribution < 1.29 is 0 Å². The second kappa shape index (κ2) is 13.7. The highest BCUT2D eigenvalue weighted by Crippen LogP contribution is 2.13. The SMILES string of the molecule is CCNC(=NCc1ccc(CN2CCCC2)cc1)NCCCCN1CCN(CC)CC1. The second-order valence-electron chi connectivity index (χ2n) is 8.90. The Morgan fingerprint density at radius 2 is 1.48 bits per heavy atom. The zero-order chi connectivity index (χ0) is 21.7. The lowest BCUT2D eigenvalue weighted by Crippen LogP contribution is -2.46. The minimum atomic E-state index is 0.723. The lowest BCUT2D eigenvalue weighted by atomic mass is 10.1. The number of nitrogens with one attached hydrogen (secondary N) is 2. The van der Waals surface area contributed by atoms with E-state index in [1.165, 1.54) is 89.2 Å². The topological polar surface area (TPSA) is 46.1 Å². The van der Waals surface area contributed by atoms with Crippen LogP contribution in [0.25, 0.3) is 0 Å². The number of unbranched alkanes of at least 4 members (excludes halogenated alkanes) is 1. The van der Waals surface area contributed by atoms with E-state index < -0.39 is 0 Å². The fourth-order valence-electron chi connectivity index (χ4n) is 4.46. The molecular formula is C25H44N6. The third-order valence-corrected chi connectivity index (χ3v) is 6.50. The summed E-state index contributed by atoms with van der Waals surface area (Å²) in [6.07, 6.45) is 5.13. The minimum Gasteiger partial charge on any atom is -0.357 e. The number of hydrogen-bond acceptors (Lipinski definition) is 4. The van der Waals surface area contributed by atoms with Crippen molar-refractivity contribution in [2.45, 2.75) is 52.6 Å². The van der Waals surface area contributed by atoms with E-state index in [0.29, 0.717) is 0 Å². The monoisotopic (exact) mass is 428 g/mol. The smallest absolute Gasteiger partial charge is 0.191 e. The molecule has 0 bridgehead atoms. The molecule has 0 radical (unpaired) electrons. The van der Waals surface area contributed by atoms with Crippen molar-refractivity contribution in [3.05, 3.63) is 35.4 Å². The van der Waals surface area contributed by atoms with E-state index in [1.807, 2.05) is 0 Å². The second-order valence-corrected chi connectivity index (χ2v) is 8.90. The molecule has 0 atom stereocenters. The third kappa shape index (κ3) is 8.79. The van der Waals surface area contributed by atoms with Gasteiger partial charge in [-0.15, -0.1) is 0 Å². The maximum atomic E-state index is 4.79. The predicted molar refractivity (Wildman–Crippen MR) is 132 cm³/mol. The highest BCUT2D eigenvalue weighted by Gasteiger charge is 2.14. The predicted octanol–water partition coefficient (Wildman–Crippen LogP) is 2.76. The number of piperazine rings is 1. The van der Waals surface area contributed by atoms with Crippen molar-refractivity contribution in [2.75, 3.05) is 65.4 Å². The van der Waals surface area contributed by atoms with Crippen LogP contribution in [0.1, 0.15) is 50.7 Å². The van der Waals surface area contributed by atoms with Gasteiger partial charge in [0.15, 0.2) is 5.96 Å². The first-order valence-electron chi connectivity index (χ1n) is 12.5. The molecule has 0 amide bonds. The van der Waals surface area contributed by atoms with Gasteiger partial charge in [-0.1, -0.05) is 31.2 Å². The van der Waals surface area contributed by atoms with Crippen LogP contribution in [-0.2, 0) is 13.1 Å². The van der Waals surface area contributed by atoms with E-state index in [1.54, 1.807) is 0 Å². The van der Waals surface area contributed by atoms with Gasteiger partial charge in [0.05, 0.1) is 6.54 Å². The van der Waals surface area contributed by atoms with E-state index in [4.69, 9.17) is 4.99 Å². The van der Waals surface area contributed by atoms with Gasteiger partial charge in [0.25, 0.3) is 0 Å². The summed E-state index contributed by atoms with van der Waals surface area (Å²) < 4.78 is 0. The number of guanidine groups is 1. The summed E-state index contributed by atoms with van der Waals surface area (Å²) >= 11 is 0. The normalized spacial score (nSPS) is 19.1. The molecule has 0 saturated carbocycles. The van der Waals surface area contributed by atoms with E-state index in [0.717, 1.165) is 32.1 Å². The van der Waals surface area contributed by atoms with E-state index in [-0.39, 0.29) is 0 Å². The van der Waals surface area contributed by atoms with Crippen LogP contribution in [0.5, 0.6) is 0 Å². The molecule has 2 N–H and O–H groups in total. The number of hydrogen-bond donors (Lipinski definition) is 2. The molecule has 31 heavy (non-hydrogen) atoms. The average molecular weight is 429 g/mol. The van der Waals surface area contributed by atoms with Crippen LogP contribution >= 0.6 is 0 Å². The van der Waals surface area contributed by atoms with Crippen LogP contribution in [-0.4, -0.2) is 86.1 Å². The molecule has 0 spiro atoms. The standard InChI is InChI=1S/C25H44N6/c1-3-26-25(27-13-5-6-14-30-19-17-29(4-2)18-20-30)28-21-23-9-11-24(12-10-23)22-31-15-7-8-16-31/h9-12H,3-8,13-22H2,1-2H3,(H2,26,27,28). The van der Waals surface area contributed by atoms with E-state index in [9.17, 15) is 0 Å². The molecule has 2 aliphatic rings. The number of nitrogens with zero attached hydrogens (tertiary/aromatic N) is 4. The summed E-state index contributed by atoms with van der Waals surface area (Å²) in [5.41, 5.74) is 2.68. The number of likely N-dealkylation sites (tertiary alicyclic amines) is 1. The molecule has 2 heterocycles. The van der Waals surface area contributed by atoms with Crippen LogP contribution in [0.2, 0.25) is 0 Å². The van der Waals surface area contributed by atoms with Gasteiger partial charge in [0, 0.05) is 45.8 Å². The van der Waals surface area contributed by atoms with Crippen LogP contribution in [0.15, 0.2) is 29.3 Å². The number of rotatable bonds is 11. The molecule has 2 fully saturated rings. The Morgan fingerprint density at radius 3 is 2.16 bits per heavy atom. The summed E-state index contributed by atoms with van der Waals surface area (Å²) in [4.78, 5) is 12.5. The molecule has 0 aromatic heterocycles. The molecule has 1 aromatic carbocycles. The Labute approximate surface area is 190 Å². The molecule has 6 heteroatoms. The zero-order valence-electron chi connectivity index (χ0n) is 19.9. The third-order valence-electron chi connectivity index (χ3n) is 6.50. The molecule has 2 saturated heterocycles. The molecule has 2 aliphatic heterocycles. The van der Waals surface area contributed by atoms with Crippen LogP contribution in [0.4, 0.5) is 0 Å². The van der Waals surface area contributed by atoms with Gasteiger partial charge in [-0.2, -0.15) is 0 Å².